The molecule has 2 aliphatic rings. The van der Waals surface area contributed by atoms with Crippen LogP contribution in [0.4, 0.5) is 4.79 Å². The van der Waals surface area contributed by atoms with Gasteiger partial charge in [0.05, 0.1) is 11.6 Å². The number of carbonyl (C=O) groups excluding carboxylic acids is 1. The van der Waals surface area contributed by atoms with Crippen LogP contribution in [0.2, 0.25) is 0 Å². The van der Waals surface area contributed by atoms with Gasteiger partial charge in [0.2, 0.25) is 0 Å². The Hall–Kier alpha value is -1.53. The predicted molar refractivity (Wildman–Crippen MR) is 107 cm³/mol. The van der Waals surface area contributed by atoms with Gasteiger partial charge in [0.1, 0.15) is 5.60 Å². The van der Waals surface area contributed by atoms with E-state index >= 15 is 0 Å². The zero-order valence-corrected chi connectivity index (χ0v) is 17.5. The number of ether oxygens (including phenoxy) is 1. The number of likely N-dealkylation sites (tertiary alicyclic amines) is 1. The Balaban J connectivity index is 1.88. The van der Waals surface area contributed by atoms with Gasteiger partial charge in [-0.15, -0.1) is 0 Å². The molecule has 0 radical (unpaired) electrons. The summed E-state index contributed by atoms with van der Waals surface area (Å²) in [5.41, 5.74) is 1.36. The maximum absolute atomic E-state index is 12.7. The molecule has 0 N–H and O–H groups in total. The molecule has 2 heterocycles. The summed E-state index contributed by atoms with van der Waals surface area (Å²) < 4.78 is 18.0. The molecule has 0 aromatic heterocycles. The molecule has 5 nitrogen and oxygen atoms in total. The lowest BCUT2D eigenvalue weighted by molar-refractivity contribution is -0.0232. The van der Waals surface area contributed by atoms with E-state index in [1.165, 1.54) is 0 Å². The standard InChI is InChI=1S/C21H32BNO4/c1-15-14-21(5,6)27-22(26-15)17-11-8-7-10-16(17)18-12-9-13-23(18)19(24)25-20(2,3)4/h7-8,10-11,15,18H,9,12-14H2,1-6H3. The average Bonchev–Trinajstić information content (AvgIpc) is 3.01. The van der Waals surface area contributed by atoms with Crippen LogP contribution in [0, 0.1) is 0 Å². The van der Waals surface area contributed by atoms with Crippen molar-refractivity contribution in [1.82, 2.24) is 4.90 Å². The summed E-state index contributed by atoms with van der Waals surface area (Å²) in [7, 11) is -0.416. The first-order chi connectivity index (χ1) is 12.6. The van der Waals surface area contributed by atoms with Crippen LogP contribution in [0.1, 0.15) is 72.4 Å². The Morgan fingerprint density at radius 2 is 2.00 bits per heavy atom. The summed E-state index contributed by atoms with van der Waals surface area (Å²) >= 11 is 0. The van der Waals surface area contributed by atoms with Crippen molar-refractivity contribution in [1.29, 1.82) is 0 Å². The van der Waals surface area contributed by atoms with E-state index in [0.717, 1.165) is 30.3 Å². The number of hydrogen-bond acceptors (Lipinski definition) is 4. The third-order valence-corrected chi connectivity index (χ3v) is 5.05. The molecular formula is C21H32BNO4. The summed E-state index contributed by atoms with van der Waals surface area (Å²) in [5.74, 6) is 0. The van der Waals surface area contributed by atoms with Crippen molar-refractivity contribution < 1.29 is 18.8 Å². The maximum atomic E-state index is 12.7. The monoisotopic (exact) mass is 373 g/mol. The van der Waals surface area contributed by atoms with E-state index in [-0.39, 0.29) is 23.8 Å². The summed E-state index contributed by atoms with van der Waals surface area (Å²) in [6, 6.07) is 8.15. The highest BCUT2D eigenvalue weighted by molar-refractivity contribution is 6.62. The van der Waals surface area contributed by atoms with Crippen LogP contribution in [0.25, 0.3) is 0 Å². The first-order valence-corrected chi connectivity index (χ1v) is 9.97. The third-order valence-electron chi connectivity index (χ3n) is 5.05. The smallest absolute Gasteiger partial charge is 0.444 e. The largest absolute Gasteiger partial charge is 0.494 e. The lowest BCUT2D eigenvalue weighted by Crippen LogP contribution is -2.53. The molecule has 3 rings (SSSR count). The average molecular weight is 373 g/mol. The maximum Gasteiger partial charge on any atom is 0.494 e. The Morgan fingerprint density at radius 1 is 1.30 bits per heavy atom. The SMILES string of the molecule is CC1CC(C)(C)OB(c2ccccc2C2CCCN2C(=O)OC(C)(C)C)O1. The van der Waals surface area contributed by atoms with Gasteiger partial charge < -0.3 is 18.9 Å². The molecule has 148 valence electrons. The summed E-state index contributed by atoms with van der Waals surface area (Å²) in [5, 5.41) is 0. The van der Waals surface area contributed by atoms with E-state index in [4.69, 9.17) is 14.0 Å². The highest BCUT2D eigenvalue weighted by atomic mass is 16.6. The number of carbonyl (C=O) groups is 1. The second-order valence-electron chi connectivity index (χ2n) is 9.32. The molecule has 27 heavy (non-hydrogen) atoms. The van der Waals surface area contributed by atoms with Crippen molar-refractivity contribution in [2.24, 2.45) is 0 Å². The van der Waals surface area contributed by atoms with Gasteiger partial charge in [-0.2, -0.15) is 0 Å². The molecule has 0 aliphatic carbocycles. The molecule has 0 spiro atoms. The van der Waals surface area contributed by atoms with Crippen molar-refractivity contribution in [3.8, 4) is 0 Å². The molecule has 2 atom stereocenters. The molecule has 1 aromatic rings. The minimum atomic E-state index is -0.501. The topological polar surface area (TPSA) is 48.0 Å². The van der Waals surface area contributed by atoms with Crippen LogP contribution >= 0.6 is 0 Å². The van der Waals surface area contributed by atoms with Gasteiger partial charge in [0.15, 0.2) is 0 Å². The molecule has 1 aromatic carbocycles. The number of nitrogens with zero attached hydrogens (tertiary/aromatic N) is 1. The van der Waals surface area contributed by atoms with E-state index in [2.05, 4.69) is 32.9 Å². The quantitative estimate of drug-likeness (QED) is 0.734. The van der Waals surface area contributed by atoms with Crippen molar-refractivity contribution in [2.45, 2.75) is 84.2 Å². The fourth-order valence-electron chi connectivity index (χ4n) is 4.11. The van der Waals surface area contributed by atoms with Crippen molar-refractivity contribution >= 4 is 18.7 Å². The van der Waals surface area contributed by atoms with Gasteiger partial charge in [-0.05, 0) is 71.8 Å². The Morgan fingerprint density at radius 3 is 2.67 bits per heavy atom. The number of benzene rings is 1. The highest BCUT2D eigenvalue weighted by Crippen LogP contribution is 2.34. The predicted octanol–water partition coefficient (Wildman–Crippen LogP) is 4.06. The summed E-state index contributed by atoms with van der Waals surface area (Å²) in [6.45, 7) is 12.7. The van der Waals surface area contributed by atoms with Crippen LogP contribution in [-0.2, 0) is 14.0 Å². The minimum Gasteiger partial charge on any atom is -0.444 e. The second-order valence-corrected chi connectivity index (χ2v) is 9.32. The number of rotatable bonds is 2. The molecule has 0 bridgehead atoms. The van der Waals surface area contributed by atoms with Crippen molar-refractivity contribution in [3.05, 3.63) is 29.8 Å². The summed E-state index contributed by atoms with van der Waals surface area (Å²) in [4.78, 5) is 14.6. The fourth-order valence-corrected chi connectivity index (χ4v) is 4.11. The lowest BCUT2D eigenvalue weighted by Gasteiger charge is -2.39. The Labute approximate surface area is 163 Å². The van der Waals surface area contributed by atoms with Gasteiger partial charge in [-0.3, -0.25) is 0 Å². The van der Waals surface area contributed by atoms with Crippen LogP contribution < -0.4 is 5.46 Å². The van der Waals surface area contributed by atoms with E-state index in [0.29, 0.717) is 6.54 Å². The zero-order chi connectivity index (χ0) is 19.8. The molecule has 6 heteroatoms. The molecule has 1 amide bonds. The molecule has 2 aliphatic heterocycles. The Kier molecular flexibility index (Phi) is 5.60. The van der Waals surface area contributed by atoms with Gasteiger partial charge in [0.25, 0.3) is 0 Å². The van der Waals surface area contributed by atoms with Crippen molar-refractivity contribution in [2.75, 3.05) is 6.54 Å². The fraction of sp³-hybridized carbons (Fsp3) is 0.667. The number of amides is 1. The molecular weight excluding hydrogens is 341 g/mol. The second kappa shape index (κ2) is 7.48. The van der Waals surface area contributed by atoms with Crippen LogP contribution in [-0.4, -0.2) is 42.0 Å². The first-order valence-electron chi connectivity index (χ1n) is 9.97. The van der Waals surface area contributed by atoms with E-state index in [9.17, 15) is 4.79 Å². The third kappa shape index (κ3) is 4.85. The minimum absolute atomic E-state index is 0.0106. The molecule has 0 saturated carbocycles. The highest BCUT2D eigenvalue weighted by Gasteiger charge is 2.42. The van der Waals surface area contributed by atoms with Gasteiger partial charge in [-0.1, -0.05) is 24.3 Å². The lowest BCUT2D eigenvalue weighted by atomic mass is 9.71. The first kappa shape index (κ1) is 20.2. The van der Waals surface area contributed by atoms with Crippen molar-refractivity contribution in [3.63, 3.8) is 0 Å². The van der Waals surface area contributed by atoms with Gasteiger partial charge >= 0.3 is 13.2 Å². The zero-order valence-electron chi connectivity index (χ0n) is 17.5. The molecule has 2 saturated heterocycles. The van der Waals surface area contributed by atoms with E-state index in [1.54, 1.807) is 0 Å². The van der Waals surface area contributed by atoms with Gasteiger partial charge in [0, 0.05) is 12.6 Å². The summed E-state index contributed by atoms with van der Waals surface area (Å²) in [6.07, 6.45) is 2.62. The van der Waals surface area contributed by atoms with Crippen LogP contribution in [0.15, 0.2) is 24.3 Å². The van der Waals surface area contributed by atoms with Crippen LogP contribution in [0.5, 0.6) is 0 Å². The number of hydrogen-bond donors (Lipinski definition) is 0. The molecule has 2 unspecified atom stereocenters. The Bertz CT molecular complexity index is 685. The normalized spacial score (nSPS) is 25.6. The van der Waals surface area contributed by atoms with Crippen LogP contribution in [0.3, 0.4) is 0 Å². The molecule has 2 fully saturated rings. The van der Waals surface area contributed by atoms with E-state index < -0.39 is 12.7 Å². The van der Waals surface area contributed by atoms with Gasteiger partial charge in [-0.25, -0.2) is 4.79 Å². The van der Waals surface area contributed by atoms with E-state index in [1.807, 2.05) is 37.8 Å².